The zero-order valence-corrected chi connectivity index (χ0v) is 9.99. The summed E-state index contributed by atoms with van der Waals surface area (Å²) >= 11 is 5.72. The molecular formula is C13H16ClNO. The van der Waals surface area contributed by atoms with Crippen LogP contribution in [0.4, 0.5) is 5.69 Å². The number of carbonyl (C=O) groups is 1. The van der Waals surface area contributed by atoms with E-state index in [0.717, 1.165) is 32.2 Å². The molecule has 1 aliphatic heterocycles. The number of anilines is 1. The summed E-state index contributed by atoms with van der Waals surface area (Å²) in [7, 11) is 0. The molecule has 2 rings (SSSR count). The van der Waals surface area contributed by atoms with Gasteiger partial charge in [0.25, 0.3) is 0 Å². The second kappa shape index (κ2) is 5.35. The van der Waals surface area contributed by atoms with Gasteiger partial charge in [-0.15, -0.1) is 11.6 Å². The highest BCUT2D eigenvalue weighted by molar-refractivity contribution is 6.17. The SMILES string of the molecule is O=CC1CCN(CCCCl)c2ccccc21. The van der Waals surface area contributed by atoms with E-state index in [9.17, 15) is 4.79 Å². The molecule has 1 heterocycles. The van der Waals surface area contributed by atoms with Crippen LogP contribution < -0.4 is 4.90 Å². The monoisotopic (exact) mass is 237 g/mol. The molecule has 0 fully saturated rings. The average molecular weight is 238 g/mol. The highest BCUT2D eigenvalue weighted by Gasteiger charge is 2.23. The minimum Gasteiger partial charge on any atom is -0.371 e. The number of aldehydes is 1. The van der Waals surface area contributed by atoms with Gasteiger partial charge in [-0.3, -0.25) is 0 Å². The van der Waals surface area contributed by atoms with Crippen molar-refractivity contribution in [2.45, 2.75) is 18.8 Å². The van der Waals surface area contributed by atoms with Crippen molar-refractivity contribution in [2.24, 2.45) is 0 Å². The summed E-state index contributed by atoms with van der Waals surface area (Å²) in [6, 6.07) is 8.18. The molecule has 0 aromatic heterocycles. The van der Waals surface area contributed by atoms with Gasteiger partial charge in [0.2, 0.25) is 0 Å². The molecule has 1 aromatic rings. The Labute approximate surface area is 101 Å². The Hall–Kier alpha value is -1.02. The van der Waals surface area contributed by atoms with Crippen LogP contribution in [0.3, 0.4) is 0 Å². The van der Waals surface area contributed by atoms with Gasteiger partial charge >= 0.3 is 0 Å². The minimum absolute atomic E-state index is 0.0726. The molecule has 1 unspecified atom stereocenters. The summed E-state index contributed by atoms with van der Waals surface area (Å²) in [5.41, 5.74) is 2.37. The van der Waals surface area contributed by atoms with E-state index in [1.807, 2.05) is 12.1 Å². The predicted octanol–water partition coefficient (Wildman–Crippen LogP) is 2.81. The lowest BCUT2D eigenvalue weighted by molar-refractivity contribution is -0.109. The fraction of sp³-hybridized carbons (Fsp3) is 0.462. The summed E-state index contributed by atoms with van der Waals surface area (Å²) in [5.74, 6) is 0.763. The third-order valence-corrected chi connectivity index (χ3v) is 3.38. The van der Waals surface area contributed by atoms with Crippen LogP contribution in [0.5, 0.6) is 0 Å². The summed E-state index contributed by atoms with van der Waals surface area (Å²) in [5, 5.41) is 0. The van der Waals surface area contributed by atoms with Crippen LogP contribution in [0, 0.1) is 0 Å². The number of alkyl halides is 1. The topological polar surface area (TPSA) is 20.3 Å². The van der Waals surface area contributed by atoms with Gasteiger partial charge in [0.05, 0.1) is 0 Å². The van der Waals surface area contributed by atoms with Crippen molar-refractivity contribution >= 4 is 23.6 Å². The molecule has 3 heteroatoms. The van der Waals surface area contributed by atoms with Gasteiger partial charge in [0.1, 0.15) is 6.29 Å². The number of carbonyl (C=O) groups excluding carboxylic acids is 1. The highest BCUT2D eigenvalue weighted by Crippen LogP contribution is 2.33. The molecule has 16 heavy (non-hydrogen) atoms. The lowest BCUT2D eigenvalue weighted by Crippen LogP contribution is -2.32. The smallest absolute Gasteiger partial charge is 0.127 e. The minimum atomic E-state index is 0.0726. The summed E-state index contributed by atoms with van der Waals surface area (Å²) < 4.78 is 0. The number of nitrogens with zero attached hydrogens (tertiary/aromatic N) is 1. The maximum Gasteiger partial charge on any atom is 0.127 e. The van der Waals surface area contributed by atoms with E-state index in [-0.39, 0.29) is 5.92 Å². The Morgan fingerprint density at radius 3 is 3.00 bits per heavy atom. The van der Waals surface area contributed by atoms with Crippen LogP contribution in [0.1, 0.15) is 24.3 Å². The molecule has 0 N–H and O–H groups in total. The molecule has 0 spiro atoms. The van der Waals surface area contributed by atoms with Crippen LogP contribution >= 0.6 is 11.6 Å². The molecule has 86 valence electrons. The van der Waals surface area contributed by atoms with E-state index in [1.54, 1.807) is 0 Å². The molecule has 0 radical (unpaired) electrons. The molecule has 0 amide bonds. The Kier molecular flexibility index (Phi) is 3.83. The quantitative estimate of drug-likeness (QED) is 0.593. The largest absolute Gasteiger partial charge is 0.371 e. The van der Waals surface area contributed by atoms with E-state index in [0.29, 0.717) is 5.88 Å². The first-order valence-corrected chi connectivity index (χ1v) is 6.25. The van der Waals surface area contributed by atoms with Crippen LogP contribution in [0.2, 0.25) is 0 Å². The Morgan fingerprint density at radius 1 is 1.44 bits per heavy atom. The van der Waals surface area contributed by atoms with Crippen molar-refractivity contribution in [1.29, 1.82) is 0 Å². The highest BCUT2D eigenvalue weighted by atomic mass is 35.5. The summed E-state index contributed by atoms with van der Waals surface area (Å²) in [6.45, 7) is 1.93. The van der Waals surface area contributed by atoms with Crippen LogP contribution in [-0.2, 0) is 4.79 Å². The van der Waals surface area contributed by atoms with E-state index in [2.05, 4.69) is 17.0 Å². The molecule has 1 aliphatic rings. The normalized spacial score (nSPS) is 19.3. The number of halogens is 1. The molecule has 0 aliphatic carbocycles. The van der Waals surface area contributed by atoms with Crippen LogP contribution in [0.25, 0.3) is 0 Å². The lowest BCUT2D eigenvalue weighted by atomic mass is 9.91. The maximum atomic E-state index is 11.0. The van der Waals surface area contributed by atoms with Gasteiger partial charge in [-0.25, -0.2) is 0 Å². The lowest BCUT2D eigenvalue weighted by Gasteiger charge is -2.33. The fourth-order valence-corrected chi connectivity index (χ4v) is 2.40. The van der Waals surface area contributed by atoms with Gasteiger partial charge in [-0.1, -0.05) is 18.2 Å². The Morgan fingerprint density at radius 2 is 2.25 bits per heavy atom. The zero-order chi connectivity index (χ0) is 11.4. The van der Waals surface area contributed by atoms with Crippen molar-refractivity contribution in [3.05, 3.63) is 29.8 Å². The second-order valence-electron chi connectivity index (χ2n) is 4.12. The van der Waals surface area contributed by atoms with Gasteiger partial charge in [-0.05, 0) is 24.5 Å². The van der Waals surface area contributed by atoms with Crippen molar-refractivity contribution in [3.8, 4) is 0 Å². The third kappa shape index (κ3) is 2.22. The van der Waals surface area contributed by atoms with Gasteiger partial charge in [-0.2, -0.15) is 0 Å². The number of hydrogen-bond donors (Lipinski definition) is 0. The first-order chi connectivity index (χ1) is 7.86. The van der Waals surface area contributed by atoms with Crippen LogP contribution in [0.15, 0.2) is 24.3 Å². The molecule has 0 saturated carbocycles. The number of fused-ring (bicyclic) bond motifs is 1. The van der Waals surface area contributed by atoms with Gasteiger partial charge in [0.15, 0.2) is 0 Å². The zero-order valence-electron chi connectivity index (χ0n) is 9.23. The molecular weight excluding hydrogens is 222 g/mol. The first-order valence-electron chi connectivity index (χ1n) is 5.72. The van der Waals surface area contributed by atoms with E-state index in [1.165, 1.54) is 11.3 Å². The third-order valence-electron chi connectivity index (χ3n) is 3.11. The van der Waals surface area contributed by atoms with E-state index >= 15 is 0 Å². The van der Waals surface area contributed by atoms with E-state index < -0.39 is 0 Å². The molecule has 1 aromatic carbocycles. The average Bonchev–Trinajstić information content (AvgIpc) is 2.36. The number of hydrogen-bond acceptors (Lipinski definition) is 2. The van der Waals surface area contributed by atoms with Crippen molar-refractivity contribution in [1.82, 2.24) is 0 Å². The number of para-hydroxylation sites is 1. The van der Waals surface area contributed by atoms with Gasteiger partial charge < -0.3 is 9.69 Å². The molecule has 0 bridgehead atoms. The Balaban J connectivity index is 2.24. The van der Waals surface area contributed by atoms with Crippen molar-refractivity contribution in [3.63, 3.8) is 0 Å². The predicted molar refractivity (Wildman–Crippen MR) is 67.4 cm³/mol. The summed E-state index contributed by atoms with van der Waals surface area (Å²) in [4.78, 5) is 13.3. The number of benzene rings is 1. The number of rotatable bonds is 4. The Bertz CT molecular complexity index is 367. The van der Waals surface area contributed by atoms with E-state index in [4.69, 9.17) is 11.6 Å². The van der Waals surface area contributed by atoms with Crippen LogP contribution in [-0.4, -0.2) is 25.3 Å². The first kappa shape index (κ1) is 11.5. The van der Waals surface area contributed by atoms with Gasteiger partial charge in [0, 0.05) is 30.6 Å². The van der Waals surface area contributed by atoms with Crippen molar-refractivity contribution < 1.29 is 4.79 Å². The molecule has 1 atom stereocenters. The molecule has 0 saturated heterocycles. The summed E-state index contributed by atoms with van der Waals surface area (Å²) in [6.07, 6.45) is 2.97. The second-order valence-corrected chi connectivity index (χ2v) is 4.50. The van der Waals surface area contributed by atoms with Crippen molar-refractivity contribution in [2.75, 3.05) is 23.9 Å². The standard InChI is InChI=1S/C13H16ClNO/c14-7-3-8-15-9-6-11(10-16)12-4-1-2-5-13(12)15/h1-2,4-5,10-11H,3,6-9H2. The maximum absolute atomic E-state index is 11.0. The fourth-order valence-electron chi connectivity index (χ4n) is 2.28. The molecule has 2 nitrogen and oxygen atoms in total.